The number of benzene rings is 1. The van der Waals surface area contributed by atoms with Gasteiger partial charge in [0.15, 0.2) is 0 Å². The van der Waals surface area contributed by atoms with Crippen molar-refractivity contribution in [1.82, 2.24) is 34.9 Å². The lowest BCUT2D eigenvalue weighted by molar-refractivity contribution is 1.26. The van der Waals surface area contributed by atoms with Gasteiger partial charge in [0.2, 0.25) is 0 Å². The molecule has 0 unspecified atom stereocenters. The molecular weight excluding hydrogens is 605 g/mol. The molecule has 6 aromatic heterocycles. The number of rotatable bonds is 4. The zero-order valence-corrected chi connectivity index (χ0v) is 26.2. The number of anilines is 1. The predicted octanol–water partition coefficient (Wildman–Crippen LogP) is 9.09. The highest BCUT2D eigenvalue weighted by atomic mass is 14.8. The second-order valence-corrected chi connectivity index (χ2v) is 11.8. The molecule has 4 N–H and O–H groups in total. The van der Waals surface area contributed by atoms with Crippen LogP contribution in [0.3, 0.4) is 0 Å². The minimum Gasteiger partial charge on any atom is -0.399 e. The molecule has 0 saturated heterocycles. The van der Waals surface area contributed by atoms with Crippen LogP contribution in [0.1, 0.15) is 22.8 Å². The van der Waals surface area contributed by atoms with Crippen molar-refractivity contribution in [2.75, 3.05) is 5.73 Å². The number of nitrogens with one attached hydrogen (secondary N) is 2. The Balaban J connectivity index is 1.48. The molecule has 7 aromatic rings. The van der Waals surface area contributed by atoms with Gasteiger partial charge in [-0.25, -0.2) is 9.97 Å². The Morgan fingerprint density at radius 3 is 1.08 bits per heavy atom. The Bertz CT molecular complexity index is 2450. The van der Waals surface area contributed by atoms with Crippen molar-refractivity contribution in [3.63, 3.8) is 0 Å². The number of nitrogens with zero attached hydrogens (tertiary/aromatic N) is 5. The molecule has 49 heavy (non-hydrogen) atoms. The van der Waals surface area contributed by atoms with Crippen LogP contribution in [-0.4, -0.2) is 34.9 Å². The van der Waals surface area contributed by atoms with Crippen LogP contribution in [0.15, 0.2) is 122 Å². The normalized spacial score (nSPS) is 12.0. The third-order valence-electron chi connectivity index (χ3n) is 8.86. The van der Waals surface area contributed by atoms with Gasteiger partial charge in [0.25, 0.3) is 0 Å². The smallest absolute Gasteiger partial charge is 0.0738 e. The first kappa shape index (κ1) is 28.3. The lowest BCUT2D eigenvalue weighted by atomic mass is 10.0. The summed E-state index contributed by atoms with van der Waals surface area (Å²) in [5, 5.41) is 0. The van der Waals surface area contributed by atoms with Crippen LogP contribution in [0.5, 0.6) is 0 Å². The fraction of sp³-hybridized carbons (Fsp3) is 0. The summed E-state index contributed by atoms with van der Waals surface area (Å²) in [4.78, 5) is 31.0. The standard InChI is InChI=1S/C41H28N8/c42-29-3-1-25(2-4-29)38-30-5-7-32(46-30)39(26-13-19-43-20-14-26)34-9-11-36(48-34)41(28-17-23-45-24-18-28)37-12-10-35(49-37)40(27-15-21-44-22-16-27)33-8-6-31(38)47-33/h1-24,46-47H,42H2. The van der Waals surface area contributed by atoms with Gasteiger partial charge in [0.05, 0.1) is 22.8 Å². The molecule has 8 heteroatoms. The maximum atomic E-state index is 6.13. The zero-order valence-electron chi connectivity index (χ0n) is 26.2. The number of H-pyrrole nitrogens is 2. The van der Waals surface area contributed by atoms with Crippen molar-refractivity contribution in [3.8, 4) is 44.5 Å². The molecule has 0 aliphatic carbocycles. The van der Waals surface area contributed by atoms with E-state index in [0.717, 1.165) is 89.4 Å². The number of aromatic amines is 2. The van der Waals surface area contributed by atoms with Crippen LogP contribution in [-0.2, 0) is 0 Å². The van der Waals surface area contributed by atoms with Crippen LogP contribution in [0, 0.1) is 0 Å². The maximum absolute atomic E-state index is 6.13. The van der Waals surface area contributed by atoms with Crippen molar-refractivity contribution in [2.24, 2.45) is 0 Å². The van der Waals surface area contributed by atoms with Crippen molar-refractivity contribution >= 4 is 52.1 Å². The van der Waals surface area contributed by atoms with Gasteiger partial charge in [-0.15, -0.1) is 0 Å². The molecule has 1 aromatic carbocycles. The van der Waals surface area contributed by atoms with Gasteiger partial charge in [0, 0.05) is 87.2 Å². The number of fused-ring (bicyclic) bond motifs is 8. The Labute approximate surface area is 281 Å². The van der Waals surface area contributed by atoms with Crippen LogP contribution < -0.4 is 5.73 Å². The zero-order chi connectivity index (χ0) is 32.7. The van der Waals surface area contributed by atoms with Gasteiger partial charge in [-0.2, -0.15) is 0 Å². The molecule has 0 radical (unpaired) electrons. The number of pyridine rings is 3. The highest BCUT2D eigenvalue weighted by Crippen LogP contribution is 2.38. The lowest BCUT2D eigenvalue weighted by Crippen LogP contribution is -1.91. The van der Waals surface area contributed by atoms with E-state index in [1.54, 1.807) is 12.4 Å². The Hall–Kier alpha value is -6.93. The van der Waals surface area contributed by atoms with E-state index >= 15 is 0 Å². The number of aromatic nitrogens is 7. The first-order valence-corrected chi connectivity index (χ1v) is 15.9. The SMILES string of the molecule is Nc1ccc(-c2c3ccc([nH]3)c(-c3ccncc3)c3nc(c(-c4ccncc4)c4nc(c(-c5ccncc5)c5ccc2[nH]5)C=C4)C=C3)cc1. The molecule has 0 spiro atoms. The minimum atomic E-state index is 0.706. The first-order valence-electron chi connectivity index (χ1n) is 15.9. The van der Waals surface area contributed by atoms with Crippen LogP contribution in [0.2, 0.25) is 0 Å². The van der Waals surface area contributed by atoms with Crippen molar-refractivity contribution in [3.05, 3.63) is 145 Å². The summed E-state index contributed by atoms with van der Waals surface area (Å²) < 4.78 is 0. The minimum absolute atomic E-state index is 0.706. The molecule has 2 aliphatic rings. The Morgan fingerprint density at radius 1 is 0.347 bits per heavy atom. The summed E-state index contributed by atoms with van der Waals surface area (Å²) in [5.74, 6) is 0. The molecule has 232 valence electrons. The Kier molecular flexibility index (Phi) is 6.76. The fourth-order valence-electron chi connectivity index (χ4n) is 6.63. The van der Waals surface area contributed by atoms with E-state index in [2.05, 4.69) is 85.6 Å². The van der Waals surface area contributed by atoms with Gasteiger partial charge >= 0.3 is 0 Å². The molecule has 8 heterocycles. The topological polar surface area (TPSA) is 122 Å². The van der Waals surface area contributed by atoms with Gasteiger partial charge in [-0.3, -0.25) is 15.0 Å². The van der Waals surface area contributed by atoms with Crippen molar-refractivity contribution < 1.29 is 0 Å². The molecule has 9 rings (SSSR count). The third-order valence-corrected chi connectivity index (χ3v) is 8.86. The summed E-state index contributed by atoms with van der Waals surface area (Å²) in [7, 11) is 0. The van der Waals surface area contributed by atoms with Gasteiger partial charge in [-0.1, -0.05) is 12.1 Å². The maximum Gasteiger partial charge on any atom is 0.0738 e. The summed E-state index contributed by atoms with van der Waals surface area (Å²) >= 11 is 0. The molecular formula is C41H28N8. The largest absolute Gasteiger partial charge is 0.399 e. The molecule has 8 nitrogen and oxygen atoms in total. The molecule has 8 bridgehead atoms. The second kappa shape index (κ2) is 11.7. The molecule has 0 fully saturated rings. The lowest BCUT2D eigenvalue weighted by Gasteiger charge is -2.07. The van der Waals surface area contributed by atoms with Crippen molar-refractivity contribution in [1.29, 1.82) is 0 Å². The van der Waals surface area contributed by atoms with E-state index in [0.29, 0.717) is 5.69 Å². The van der Waals surface area contributed by atoms with Crippen molar-refractivity contribution in [2.45, 2.75) is 0 Å². The van der Waals surface area contributed by atoms with Gasteiger partial charge in [-0.05, 0) is 119 Å². The molecule has 0 saturated carbocycles. The van der Waals surface area contributed by atoms with E-state index < -0.39 is 0 Å². The number of hydrogen-bond donors (Lipinski definition) is 3. The molecule has 0 atom stereocenters. The van der Waals surface area contributed by atoms with Crippen LogP contribution in [0.4, 0.5) is 5.69 Å². The second-order valence-electron chi connectivity index (χ2n) is 11.8. The van der Waals surface area contributed by atoms with E-state index in [1.165, 1.54) is 0 Å². The number of nitrogens with two attached hydrogens (primary N) is 1. The average Bonchev–Trinajstić information content (AvgIpc) is 3.98. The quantitative estimate of drug-likeness (QED) is 0.166. The van der Waals surface area contributed by atoms with E-state index in [1.807, 2.05) is 73.3 Å². The molecule has 0 amide bonds. The fourth-order valence-corrected chi connectivity index (χ4v) is 6.63. The predicted molar refractivity (Wildman–Crippen MR) is 198 cm³/mol. The summed E-state index contributed by atoms with van der Waals surface area (Å²) in [5.41, 5.74) is 21.8. The van der Waals surface area contributed by atoms with Crippen LogP contribution in [0.25, 0.3) is 90.9 Å². The number of nitrogen functional groups attached to an aromatic ring is 1. The average molecular weight is 633 g/mol. The monoisotopic (exact) mass is 632 g/mol. The number of hydrogen-bond acceptors (Lipinski definition) is 6. The highest BCUT2D eigenvalue weighted by molar-refractivity contribution is 6.00. The Morgan fingerprint density at radius 2 is 0.673 bits per heavy atom. The highest BCUT2D eigenvalue weighted by Gasteiger charge is 2.19. The summed E-state index contributed by atoms with van der Waals surface area (Å²) in [6.07, 6.45) is 19.1. The van der Waals surface area contributed by atoms with Gasteiger partial charge < -0.3 is 15.7 Å². The van der Waals surface area contributed by atoms with E-state index in [-0.39, 0.29) is 0 Å². The van der Waals surface area contributed by atoms with E-state index in [4.69, 9.17) is 15.7 Å². The first-order chi connectivity index (χ1) is 24.2. The van der Waals surface area contributed by atoms with Crippen LogP contribution >= 0.6 is 0 Å². The third kappa shape index (κ3) is 5.08. The summed E-state index contributed by atoms with van der Waals surface area (Å²) in [6.45, 7) is 0. The molecule has 2 aliphatic heterocycles. The van der Waals surface area contributed by atoms with E-state index in [9.17, 15) is 0 Å². The van der Waals surface area contributed by atoms with Gasteiger partial charge in [0.1, 0.15) is 0 Å². The summed E-state index contributed by atoms with van der Waals surface area (Å²) in [6, 6.07) is 28.5.